The Morgan fingerprint density at radius 3 is 2.47 bits per heavy atom. The van der Waals surface area contributed by atoms with Gasteiger partial charge in [0.05, 0.1) is 0 Å². The van der Waals surface area contributed by atoms with E-state index in [1.165, 1.54) is 0 Å². The van der Waals surface area contributed by atoms with Gasteiger partial charge in [-0.3, -0.25) is 0 Å². The molecule has 0 aliphatic rings. The number of aromatic amines is 1. The third-order valence-electron chi connectivity index (χ3n) is 2.18. The van der Waals surface area contributed by atoms with E-state index in [1.807, 2.05) is 13.8 Å². The average Bonchev–Trinajstić information content (AvgIpc) is 2.26. The van der Waals surface area contributed by atoms with Crippen LogP contribution in [0.1, 0.15) is 11.3 Å². The van der Waals surface area contributed by atoms with Crippen LogP contribution in [-0.2, 0) is 0 Å². The van der Waals surface area contributed by atoms with E-state index < -0.39 is 0 Å². The van der Waals surface area contributed by atoms with Gasteiger partial charge in [-0.1, -0.05) is 12.2 Å². The maximum absolute atomic E-state index is 5.14. The van der Waals surface area contributed by atoms with Gasteiger partial charge in [0.25, 0.3) is 0 Å². The number of aromatic nitrogens is 4. The third-order valence-corrected chi connectivity index (χ3v) is 2.58. The molecule has 4 nitrogen and oxygen atoms in total. The van der Waals surface area contributed by atoms with Crippen molar-refractivity contribution in [1.82, 2.24) is 19.9 Å². The van der Waals surface area contributed by atoms with E-state index >= 15 is 0 Å². The molecule has 0 spiro atoms. The summed E-state index contributed by atoms with van der Waals surface area (Å²) in [7, 11) is 0. The minimum Gasteiger partial charge on any atom is -0.341 e. The number of nitrogens with one attached hydrogen (secondary N) is 1. The van der Waals surface area contributed by atoms with Crippen LogP contribution in [0.3, 0.4) is 0 Å². The van der Waals surface area contributed by atoms with Crippen LogP contribution >= 0.6 is 12.2 Å². The molecule has 0 bridgehead atoms. The lowest BCUT2D eigenvalue weighted by molar-refractivity contribution is 1.02. The van der Waals surface area contributed by atoms with Crippen LogP contribution in [-0.4, -0.2) is 19.9 Å². The third kappa shape index (κ3) is 1.92. The van der Waals surface area contributed by atoms with Crippen molar-refractivity contribution in [3.8, 4) is 11.6 Å². The lowest BCUT2D eigenvalue weighted by Crippen LogP contribution is -1.99. The molecule has 2 heterocycles. The van der Waals surface area contributed by atoms with Gasteiger partial charge in [0.15, 0.2) is 11.6 Å². The van der Waals surface area contributed by atoms with Gasteiger partial charge in [-0.15, -0.1) is 0 Å². The zero-order valence-electron chi connectivity index (χ0n) is 8.48. The zero-order valence-corrected chi connectivity index (χ0v) is 9.30. The zero-order chi connectivity index (χ0) is 10.8. The number of hydrogen-bond donors (Lipinski definition) is 1. The maximum atomic E-state index is 5.14. The summed E-state index contributed by atoms with van der Waals surface area (Å²) in [6.45, 7) is 3.90. The predicted molar refractivity (Wildman–Crippen MR) is 59.9 cm³/mol. The molecule has 0 aliphatic carbocycles. The van der Waals surface area contributed by atoms with Crippen LogP contribution in [0.15, 0.2) is 18.5 Å². The second-order valence-corrected chi connectivity index (χ2v) is 3.60. The first-order valence-electron chi connectivity index (χ1n) is 4.53. The van der Waals surface area contributed by atoms with E-state index in [9.17, 15) is 0 Å². The van der Waals surface area contributed by atoms with Crippen molar-refractivity contribution < 1.29 is 0 Å². The molecule has 1 N–H and O–H groups in total. The van der Waals surface area contributed by atoms with Gasteiger partial charge < -0.3 is 4.98 Å². The molecule has 15 heavy (non-hydrogen) atoms. The highest BCUT2D eigenvalue weighted by molar-refractivity contribution is 7.71. The Hall–Kier alpha value is -1.62. The van der Waals surface area contributed by atoms with Crippen molar-refractivity contribution in [2.75, 3.05) is 0 Å². The van der Waals surface area contributed by atoms with E-state index in [0.717, 1.165) is 11.3 Å². The second kappa shape index (κ2) is 3.86. The monoisotopic (exact) mass is 218 g/mol. The van der Waals surface area contributed by atoms with E-state index in [4.69, 9.17) is 12.2 Å². The minimum atomic E-state index is 0.562. The molecule has 0 aromatic carbocycles. The summed E-state index contributed by atoms with van der Waals surface area (Å²) >= 11 is 5.14. The van der Waals surface area contributed by atoms with Gasteiger partial charge in [0.1, 0.15) is 4.64 Å². The molecule has 0 amide bonds. The van der Waals surface area contributed by atoms with Crippen molar-refractivity contribution >= 4 is 12.2 Å². The molecule has 5 heteroatoms. The molecule has 0 atom stereocenters. The first-order valence-corrected chi connectivity index (χ1v) is 4.94. The fourth-order valence-electron chi connectivity index (χ4n) is 1.17. The van der Waals surface area contributed by atoms with E-state index in [1.54, 1.807) is 18.5 Å². The van der Waals surface area contributed by atoms with Crippen LogP contribution in [0.25, 0.3) is 11.6 Å². The Morgan fingerprint density at radius 1 is 1.20 bits per heavy atom. The van der Waals surface area contributed by atoms with E-state index in [-0.39, 0.29) is 0 Å². The fraction of sp³-hybridized carbons (Fsp3) is 0.200. The van der Waals surface area contributed by atoms with Crippen LogP contribution in [0, 0.1) is 18.5 Å². The van der Waals surface area contributed by atoms with Gasteiger partial charge >= 0.3 is 0 Å². The summed E-state index contributed by atoms with van der Waals surface area (Å²) in [5.74, 6) is 1.18. The molecular formula is C10H10N4S. The Labute approximate surface area is 92.5 Å². The Kier molecular flexibility index (Phi) is 2.55. The summed E-state index contributed by atoms with van der Waals surface area (Å²) in [5, 5.41) is 0. The van der Waals surface area contributed by atoms with Gasteiger partial charge in [-0.2, -0.15) is 0 Å². The molecule has 0 saturated heterocycles. The second-order valence-electron chi connectivity index (χ2n) is 3.21. The Balaban J connectivity index is 2.61. The molecule has 2 aromatic heterocycles. The molecule has 0 unspecified atom stereocenters. The largest absolute Gasteiger partial charge is 0.341 e. The summed E-state index contributed by atoms with van der Waals surface area (Å²) in [4.78, 5) is 15.6. The summed E-state index contributed by atoms with van der Waals surface area (Å²) in [6.07, 6.45) is 3.35. The topological polar surface area (TPSA) is 54.5 Å². The number of aryl methyl sites for hydroxylation is 1. The Bertz CT molecular complexity index is 533. The molecular weight excluding hydrogens is 208 g/mol. The van der Waals surface area contributed by atoms with Gasteiger partial charge in [0.2, 0.25) is 0 Å². The van der Waals surface area contributed by atoms with Crippen LogP contribution < -0.4 is 0 Å². The highest BCUT2D eigenvalue weighted by Gasteiger charge is 2.05. The van der Waals surface area contributed by atoms with Crippen molar-refractivity contribution in [3.05, 3.63) is 34.4 Å². The summed E-state index contributed by atoms with van der Waals surface area (Å²) < 4.78 is 0.591. The first kappa shape index (κ1) is 9.92. The number of rotatable bonds is 1. The first-order chi connectivity index (χ1) is 7.18. The average molecular weight is 218 g/mol. The predicted octanol–water partition coefficient (Wildman–Crippen LogP) is 2.21. The SMILES string of the molecule is Cc1[nH]c(-c2ncccn2)nc(=S)c1C. The highest BCUT2D eigenvalue weighted by Crippen LogP contribution is 2.11. The van der Waals surface area contributed by atoms with Crippen LogP contribution in [0.5, 0.6) is 0 Å². The smallest absolute Gasteiger partial charge is 0.195 e. The number of hydrogen-bond acceptors (Lipinski definition) is 4. The van der Waals surface area contributed by atoms with Crippen molar-refractivity contribution in [2.24, 2.45) is 0 Å². The molecule has 0 aliphatic heterocycles. The molecule has 0 radical (unpaired) electrons. The molecule has 0 fully saturated rings. The number of nitrogens with zero attached hydrogens (tertiary/aromatic N) is 3. The standard InChI is InChI=1S/C10H10N4S/c1-6-7(2)13-9(14-10(6)15)8-11-4-3-5-12-8/h3-5H,1-2H3,(H,13,14,15). The van der Waals surface area contributed by atoms with Gasteiger partial charge in [-0.05, 0) is 19.9 Å². The molecule has 2 rings (SSSR count). The van der Waals surface area contributed by atoms with E-state index in [2.05, 4.69) is 19.9 Å². The van der Waals surface area contributed by atoms with E-state index in [0.29, 0.717) is 16.3 Å². The van der Waals surface area contributed by atoms with Crippen molar-refractivity contribution in [2.45, 2.75) is 13.8 Å². The minimum absolute atomic E-state index is 0.562. The Morgan fingerprint density at radius 2 is 1.87 bits per heavy atom. The normalized spacial score (nSPS) is 10.3. The molecule has 76 valence electrons. The van der Waals surface area contributed by atoms with Gasteiger partial charge in [-0.25, -0.2) is 15.0 Å². The molecule has 2 aromatic rings. The maximum Gasteiger partial charge on any atom is 0.195 e. The van der Waals surface area contributed by atoms with Crippen LogP contribution in [0.4, 0.5) is 0 Å². The fourth-order valence-corrected chi connectivity index (χ4v) is 1.42. The number of H-pyrrole nitrogens is 1. The lowest BCUT2D eigenvalue weighted by atomic mass is 10.3. The summed E-state index contributed by atoms with van der Waals surface area (Å²) in [6, 6.07) is 1.76. The quantitative estimate of drug-likeness (QED) is 0.746. The van der Waals surface area contributed by atoms with Gasteiger partial charge in [0, 0.05) is 23.7 Å². The highest BCUT2D eigenvalue weighted by atomic mass is 32.1. The summed E-state index contributed by atoms with van der Waals surface area (Å²) in [5.41, 5.74) is 1.99. The van der Waals surface area contributed by atoms with Crippen molar-refractivity contribution in [3.63, 3.8) is 0 Å². The lowest BCUT2D eigenvalue weighted by Gasteiger charge is -2.03. The molecule has 0 saturated carbocycles. The van der Waals surface area contributed by atoms with Crippen molar-refractivity contribution in [1.29, 1.82) is 0 Å². The van der Waals surface area contributed by atoms with Crippen LogP contribution in [0.2, 0.25) is 0 Å².